The standard InChI is InChI=1S/C13H17NOS/c1-14-16(15,11-12-7-5-6-8-12)13-9-3-2-4-10-13/h2-4,7,9-10H,5-6,8,11H2,1H3. The molecule has 2 nitrogen and oxygen atoms in total. The van der Waals surface area contributed by atoms with Crippen LogP contribution in [0.5, 0.6) is 0 Å². The van der Waals surface area contributed by atoms with Crippen molar-refractivity contribution in [3.05, 3.63) is 42.0 Å². The molecule has 0 radical (unpaired) electrons. The second-order valence-corrected chi connectivity index (χ2v) is 6.44. The molecule has 86 valence electrons. The number of nitrogens with zero attached hydrogens (tertiary/aromatic N) is 1. The molecule has 1 aliphatic carbocycles. The second kappa shape index (κ2) is 4.83. The summed E-state index contributed by atoms with van der Waals surface area (Å²) in [6.07, 6.45) is 5.62. The van der Waals surface area contributed by atoms with Crippen LogP contribution in [0.1, 0.15) is 19.3 Å². The van der Waals surface area contributed by atoms with Crippen LogP contribution in [-0.4, -0.2) is 17.0 Å². The third-order valence-corrected chi connectivity index (χ3v) is 5.28. The molecule has 0 N–H and O–H groups in total. The first kappa shape index (κ1) is 11.4. The zero-order valence-electron chi connectivity index (χ0n) is 9.56. The molecule has 1 unspecified atom stereocenters. The Kier molecular flexibility index (Phi) is 3.44. The van der Waals surface area contributed by atoms with Gasteiger partial charge >= 0.3 is 0 Å². The van der Waals surface area contributed by atoms with Gasteiger partial charge in [0.1, 0.15) is 0 Å². The molecule has 0 fully saturated rings. The van der Waals surface area contributed by atoms with Gasteiger partial charge in [0.2, 0.25) is 0 Å². The van der Waals surface area contributed by atoms with Gasteiger partial charge in [0.05, 0.1) is 15.5 Å². The van der Waals surface area contributed by atoms with Gasteiger partial charge in [-0.2, -0.15) is 0 Å². The zero-order valence-corrected chi connectivity index (χ0v) is 10.4. The first-order valence-electron chi connectivity index (χ1n) is 5.60. The van der Waals surface area contributed by atoms with Crippen LogP contribution in [0.25, 0.3) is 0 Å². The predicted octanol–water partition coefficient (Wildman–Crippen LogP) is 3.25. The molecule has 3 heteroatoms. The molecular formula is C13H17NOS. The predicted molar refractivity (Wildman–Crippen MR) is 68.0 cm³/mol. The largest absolute Gasteiger partial charge is 0.244 e. The fourth-order valence-electron chi connectivity index (χ4n) is 2.01. The Bertz CT molecular complexity index is 496. The van der Waals surface area contributed by atoms with Crippen molar-refractivity contribution >= 4 is 9.73 Å². The van der Waals surface area contributed by atoms with E-state index in [0.29, 0.717) is 5.75 Å². The first-order chi connectivity index (χ1) is 7.74. The lowest BCUT2D eigenvalue weighted by Gasteiger charge is -2.10. The van der Waals surface area contributed by atoms with Gasteiger partial charge in [0.25, 0.3) is 0 Å². The third-order valence-electron chi connectivity index (χ3n) is 2.92. The molecular weight excluding hydrogens is 218 g/mol. The van der Waals surface area contributed by atoms with Gasteiger partial charge in [-0.15, -0.1) is 0 Å². The Labute approximate surface area is 97.6 Å². The van der Waals surface area contributed by atoms with Crippen LogP contribution >= 0.6 is 0 Å². The summed E-state index contributed by atoms with van der Waals surface area (Å²) in [5, 5.41) is 0. The van der Waals surface area contributed by atoms with Gasteiger partial charge in [0.15, 0.2) is 0 Å². The Morgan fingerprint density at radius 1 is 1.31 bits per heavy atom. The number of allylic oxidation sites excluding steroid dienone is 1. The molecule has 0 heterocycles. The van der Waals surface area contributed by atoms with Gasteiger partial charge in [-0.05, 0) is 31.4 Å². The summed E-state index contributed by atoms with van der Waals surface area (Å²) in [7, 11) is -0.575. The molecule has 0 amide bonds. The summed E-state index contributed by atoms with van der Waals surface area (Å²) in [6.45, 7) is 0. The van der Waals surface area contributed by atoms with Crippen molar-refractivity contribution in [2.75, 3.05) is 12.8 Å². The van der Waals surface area contributed by atoms with E-state index < -0.39 is 9.73 Å². The molecule has 0 aliphatic heterocycles. The highest BCUT2D eigenvalue weighted by molar-refractivity contribution is 7.93. The van der Waals surface area contributed by atoms with Crippen molar-refractivity contribution < 1.29 is 4.21 Å². The van der Waals surface area contributed by atoms with Crippen molar-refractivity contribution in [2.45, 2.75) is 24.2 Å². The lowest BCUT2D eigenvalue weighted by molar-refractivity contribution is 0.677. The average Bonchev–Trinajstić information content (AvgIpc) is 2.83. The highest BCUT2D eigenvalue weighted by atomic mass is 32.2. The Morgan fingerprint density at radius 3 is 2.62 bits per heavy atom. The number of rotatable bonds is 3. The van der Waals surface area contributed by atoms with Crippen LogP contribution in [0.2, 0.25) is 0 Å². The van der Waals surface area contributed by atoms with Gasteiger partial charge in [-0.3, -0.25) is 0 Å². The maximum atomic E-state index is 12.7. The van der Waals surface area contributed by atoms with Crippen LogP contribution < -0.4 is 0 Å². The van der Waals surface area contributed by atoms with Crippen LogP contribution in [0.15, 0.2) is 51.2 Å². The van der Waals surface area contributed by atoms with Crippen LogP contribution in [0.4, 0.5) is 0 Å². The summed E-state index contributed by atoms with van der Waals surface area (Å²) < 4.78 is 16.8. The molecule has 16 heavy (non-hydrogen) atoms. The molecule has 1 aromatic rings. The Hall–Kier alpha value is -1.09. The van der Waals surface area contributed by atoms with E-state index in [1.54, 1.807) is 7.05 Å². The molecule has 0 aromatic heterocycles. The maximum Gasteiger partial charge on any atom is 0.0788 e. The summed E-state index contributed by atoms with van der Waals surface area (Å²) in [5.74, 6) is 0.605. The van der Waals surface area contributed by atoms with E-state index in [0.717, 1.165) is 17.7 Å². The molecule has 1 aromatic carbocycles. The van der Waals surface area contributed by atoms with Gasteiger partial charge < -0.3 is 0 Å². The van der Waals surface area contributed by atoms with Crippen LogP contribution in [0, 0.1) is 0 Å². The van der Waals surface area contributed by atoms with Crippen molar-refractivity contribution in [3.63, 3.8) is 0 Å². The highest BCUT2D eigenvalue weighted by Gasteiger charge is 2.15. The van der Waals surface area contributed by atoms with Crippen LogP contribution in [-0.2, 0) is 9.73 Å². The average molecular weight is 235 g/mol. The van der Waals surface area contributed by atoms with E-state index in [-0.39, 0.29) is 0 Å². The summed E-state index contributed by atoms with van der Waals surface area (Å²) in [6, 6.07) is 9.59. The van der Waals surface area contributed by atoms with Crippen molar-refractivity contribution in [2.24, 2.45) is 4.36 Å². The van der Waals surface area contributed by atoms with Crippen molar-refractivity contribution in [3.8, 4) is 0 Å². The molecule has 1 atom stereocenters. The van der Waals surface area contributed by atoms with E-state index in [4.69, 9.17) is 0 Å². The quantitative estimate of drug-likeness (QED) is 0.739. The lowest BCUT2D eigenvalue weighted by Crippen LogP contribution is -2.08. The lowest BCUT2D eigenvalue weighted by atomic mass is 10.3. The maximum absolute atomic E-state index is 12.7. The molecule has 2 rings (SSSR count). The zero-order chi connectivity index (χ0) is 11.4. The molecule has 0 saturated carbocycles. The molecule has 0 spiro atoms. The monoisotopic (exact) mass is 235 g/mol. The topological polar surface area (TPSA) is 29.4 Å². The summed E-state index contributed by atoms with van der Waals surface area (Å²) in [5.41, 5.74) is 1.31. The first-order valence-corrected chi connectivity index (χ1v) is 7.29. The van der Waals surface area contributed by atoms with Crippen molar-refractivity contribution in [1.29, 1.82) is 0 Å². The summed E-state index contributed by atoms with van der Waals surface area (Å²) in [4.78, 5) is 0.852. The fourth-order valence-corrected chi connectivity index (χ4v) is 3.86. The van der Waals surface area contributed by atoms with Crippen molar-refractivity contribution in [1.82, 2.24) is 0 Å². The van der Waals surface area contributed by atoms with Gasteiger partial charge in [0, 0.05) is 11.9 Å². The minimum absolute atomic E-state index is 0.605. The van der Waals surface area contributed by atoms with Gasteiger partial charge in [-0.25, -0.2) is 8.57 Å². The van der Waals surface area contributed by atoms with E-state index in [2.05, 4.69) is 10.4 Å². The van der Waals surface area contributed by atoms with E-state index in [9.17, 15) is 4.21 Å². The highest BCUT2D eigenvalue weighted by Crippen LogP contribution is 2.23. The SMILES string of the molecule is CN=S(=O)(CC1=CCCC1)c1ccccc1. The second-order valence-electron chi connectivity index (χ2n) is 4.04. The minimum Gasteiger partial charge on any atom is -0.244 e. The normalized spacial score (nSPS) is 18.9. The van der Waals surface area contributed by atoms with E-state index >= 15 is 0 Å². The van der Waals surface area contributed by atoms with E-state index in [1.807, 2.05) is 30.3 Å². The van der Waals surface area contributed by atoms with E-state index in [1.165, 1.54) is 12.0 Å². The summed E-state index contributed by atoms with van der Waals surface area (Å²) >= 11 is 0. The number of benzene rings is 1. The Balaban J connectivity index is 2.31. The van der Waals surface area contributed by atoms with Crippen LogP contribution in [0.3, 0.4) is 0 Å². The number of hydrogen-bond donors (Lipinski definition) is 0. The Morgan fingerprint density at radius 2 is 2.06 bits per heavy atom. The molecule has 0 bridgehead atoms. The third kappa shape index (κ3) is 2.35. The van der Waals surface area contributed by atoms with Gasteiger partial charge in [-0.1, -0.05) is 29.8 Å². The minimum atomic E-state index is -2.23. The molecule has 0 saturated heterocycles. The fraction of sp³-hybridized carbons (Fsp3) is 0.385. The smallest absolute Gasteiger partial charge is 0.0788 e. The number of hydrogen-bond acceptors (Lipinski definition) is 2. The molecule has 1 aliphatic rings.